The highest BCUT2D eigenvalue weighted by atomic mass is 15.0. The third kappa shape index (κ3) is 0.383. The van der Waals surface area contributed by atoms with Crippen molar-refractivity contribution in [2.24, 2.45) is 27.6 Å². The molecule has 13 heavy (non-hydrogen) atoms. The van der Waals surface area contributed by atoms with Crippen LogP contribution in [0.5, 0.6) is 0 Å². The molecule has 4 saturated carbocycles. The maximum absolute atomic E-state index is 2.62. The number of rotatable bonds is 0. The molecule has 2 unspecified atom stereocenters. The first-order valence-electron chi connectivity index (χ1n) is 6.02. The normalized spacial score (nSPS) is 62.5. The van der Waals surface area contributed by atoms with E-state index >= 15 is 0 Å². The number of fused-ring (bicyclic) bond motifs is 1. The summed E-state index contributed by atoms with van der Waals surface area (Å²) in [5, 5.41) is 0. The molecule has 0 nitrogen and oxygen atoms in total. The van der Waals surface area contributed by atoms with E-state index in [0.717, 1.165) is 22.2 Å². The molecule has 0 aromatic heterocycles. The lowest BCUT2D eigenvalue weighted by molar-refractivity contribution is 0.107. The molecule has 0 aromatic rings. The van der Waals surface area contributed by atoms with Crippen LogP contribution in [0.4, 0.5) is 0 Å². The van der Waals surface area contributed by atoms with Crippen LogP contribution in [0.2, 0.25) is 0 Å². The Morgan fingerprint density at radius 1 is 1.00 bits per heavy atom. The van der Waals surface area contributed by atoms with Crippen LogP contribution in [-0.2, 0) is 0 Å². The topological polar surface area (TPSA) is 0 Å². The average Bonchev–Trinajstić information content (AvgIpc) is 2.82. The molecular weight excluding hydrogens is 156 g/mol. The first-order valence-corrected chi connectivity index (χ1v) is 6.02. The van der Waals surface area contributed by atoms with E-state index in [1.807, 2.05) is 0 Å². The molecule has 0 aromatic carbocycles. The highest BCUT2D eigenvalue weighted by molar-refractivity contribution is 5.42. The smallest absolute Gasteiger partial charge is 0.0148 e. The Labute approximate surface area is 81.1 Å². The maximum atomic E-state index is 2.62. The zero-order valence-electron chi connectivity index (χ0n) is 9.11. The second-order valence-electron chi connectivity index (χ2n) is 6.94. The van der Waals surface area contributed by atoms with Crippen molar-refractivity contribution < 1.29 is 0 Å². The van der Waals surface area contributed by atoms with Crippen LogP contribution in [0, 0.1) is 27.6 Å². The average molecular weight is 176 g/mol. The number of hydrogen-bond donors (Lipinski definition) is 0. The Hall–Kier alpha value is 0. The lowest BCUT2D eigenvalue weighted by Crippen LogP contribution is -2.30. The maximum Gasteiger partial charge on any atom is -0.0148 e. The van der Waals surface area contributed by atoms with Crippen molar-refractivity contribution in [3.8, 4) is 0 Å². The van der Waals surface area contributed by atoms with Gasteiger partial charge in [0.1, 0.15) is 0 Å². The van der Waals surface area contributed by atoms with Gasteiger partial charge in [-0.15, -0.1) is 0 Å². The summed E-state index contributed by atoms with van der Waals surface area (Å²) in [6, 6.07) is 0. The third-order valence-corrected chi connectivity index (χ3v) is 7.33. The van der Waals surface area contributed by atoms with E-state index in [2.05, 4.69) is 20.8 Å². The van der Waals surface area contributed by atoms with E-state index in [-0.39, 0.29) is 0 Å². The monoisotopic (exact) mass is 176 g/mol. The van der Waals surface area contributed by atoms with E-state index in [0.29, 0.717) is 5.41 Å². The molecule has 0 amide bonds. The zero-order chi connectivity index (χ0) is 9.11. The van der Waals surface area contributed by atoms with Crippen molar-refractivity contribution in [2.75, 3.05) is 0 Å². The minimum absolute atomic E-state index is 0.692. The van der Waals surface area contributed by atoms with Gasteiger partial charge in [0.15, 0.2) is 0 Å². The summed E-state index contributed by atoms with van der Waals surface area (Å²) in [5.74, 6) is 1.13. The molecule has 0 radical (unpaired) electrons. The van der Waals surface area contributed by atoms with E-state index in [9.17, 15) is 0 Å². The lowest BCUT2D eigenvalue weighted by atomic mass is 9.66. The van der Waals surface area contributed by atoms with Gasteiger partial charge in [0.05, 0.1) is 0 Å². The van der Waals surface area contributed by atoms with Crippen molar-refractivity contribution in [3.63, 3.8) is 0 Å². The van der Waals surface area contributed by atoms with Gasteiger partial charge < -0.3 is 0 Å². The van der Waals surface area contributed by atoms with E-state index < -0.39 is 0 Å². The molecule has 4 aliphatic rings. The predicted molar refractivity (Wildman–Crippen MR) is 53.3 cm³/mol. The van der Waals surface area contributed by atoms with Crippen LogP contribution in [0.25, 0.3) is 0 Å². The van der Waals surface area contributed by atoms with Crippen LogP contribution in [0.1, 0.15) is 52.9 Å². The summed E-state index contributed by atoms with van der Waals surface area (Å²) in [5.41, 5.74) is 3.13. The Kier molecular flexibility index (Phi) is 0.798. The van der Waals surface area contributed by atoms with Crippen LogP contribution in [-0.4, -0.2) is 0 Å². The molecule has 2 spiro atoms. The Morgan fingerprint density at radius 3 is 2.00 bits per heavy atom. The SMILES string of the molecule is CC1(C)C2(C)C3(CC3)CC3CC[C@]312. The molecule has 3 atom stereocenters. The van der Waals surface area contributed by atoms with Crippen LogP contribution in [0.3, 0.4) is 0 Å². The van der Waals surface area contributed by atoms with Crippen LogP contribution >= 0.6 is 0 Å². The quantitative estimate of drug-likeness (QED) is 0.529. The Bertz CT molecular complexity index is 306. The summed E-state index contributed by atoms with van der Waals surface area (Å²) in [4.78, 5) is 0. The molecule has 0 heterocycles. The van der Waals surface area contributed by atoms with E-state index in [4.69, 9.17) is 0 Å². The fraction of sp³-hybridized carbons (Fsp3) is 1.00. The molecule has 4 aliphatic carbocycles. The molecule has 0 aliphatic heterocycles. The standard InChI is InChI=1S/C13H20/c1-10(2)11(3)12(6-7-12)8-9-4-5-13(9,10)11/h9H,4-8H2,1-3H3/t9?,11?,13-/m0/s1. The van der Waals surface area contributed by atoms with Gasteiger partial charge in [-0.05, 0) is 59.7 Å². The van der Waals surface area contributed by atoms with E-state index in [1.54, 1.807) is 32.1 Å². The second kappa shape index (κ2) is 1.42. The molecule has 0 N–H and O–H groups in total. The molecule has 0 bridgehead atoms. The van der Waals surface area contributed by atoms with Crippen LogP contribution < -0.4 is 0 Å². The summed E-state index contributed by atoms with van der Waals surface area (Å²) in [6.07, 6.45) is 7.84. The second-order valence-corrected chi connectivity index (χ2v) is 6.94. The fourth-order valence-electron chi connectivity index (χ4n) is 6.30. The van der Waals surface area contributed by atoms with Crippen LogP contribution in [0.15, 0.2) is 0 Å². The minimum atomic E-state index is 0.692. The zero-order valence-corrected chi connectivity index (χ0v) is 9.11. The Balaban J connectivity index is 1.93. The molecule has 72 valence electrons. The first kappa shape index (κ1) is 7.31. The van der Waals surface area contributed by atoms with Gasteiger partial charge >= 0.3 is 0 Å². The first-order chi connectivity index (χ1) is 6.02. The molecule has 0 saturated heterocycles. The van der Waals surface area contributed by atoms with Gasteiger partial charge in [-0.3, -0.25) is 0 Å². The lowest BCUT2D eigenvalue weighted by Gasteiger charge is -2.39. The molecular formula is C13H20. The Morgan fingerprint density at radius 2 is 1.69 bits per heavy atom. The van der Waals surface area contributed by atoms with Gasteiger partial charge in [0, 0.05) is 0 Å². The van der Waals surface area contributed by atoms with Crippen molar-refractivity contribution in [2.45, 2.75) is 52.9 Å². The van der Waals surface area contributed by atoms with Gasteiger partial charge in [-0.2, -0.15) is 0 Å². The highest BCUT2D eigenvalue weighted by Gasteiger charge is 2.94. The van der Waals surface area contributed by atoms with Crippen molar-refractivity contribution in [1.29, 1.82) is 0 Å². The van der Waals surface area contributed by atoms with E-state index in [1.165, 1.54) is 0 Å². The van der Waals surface area contributed by atoms with Gasteiger partial charge in [-0.1, -0.05) is 20.8 Å². The summed E-state index contributed by atoms with van der Waals surface area (Å²) in [6.45, 7) is 7.73. The third-order valence-electron chi connectivity index (χ3n) is 7.33. The summed E-state index contributed by atoms with van der Waals surface area (Å²) < 4.78 is 0. The minimum Gasteiger partial charge on any atom is -0.0588 e. The molecule has 4 fully saturated rings. The highest BCUT2D eigenvalue weighted by Crippen LogP contribution is 3.00. The summed E-state index contributed by atoms with van der Waals surface area (Å²) >= 11 is 0. The summed E-state index contributed by atoms with van der Waals surface area (Å²) in [7, 11) is 0. The van der Waals surface area contributed by atoms with Gasteiger partial charge in [0.2, 0.25) is 0 Å². The number of hydrogen-bond acceptors (Lipinski definition) is 0. The van der Waals surface area contributed by atoms with Gasteiger partial charge in [0.25, 0.3) is 0 Å². The van der Waals surface area contributed by atoms with Crippen molar-refractivity contribution >= 4 is 0 Å². The largest absolute Gasteiger partial charge is 0.0588 e. The van der Waals surface area contributed by atoms with Crippen molar-refractivity contribution in [1.82, 2.24) is 0 Å². The van der Waals surface area contributed by atoms with Crippen molar-refractivity contribution in [3.05, 3.63) is 0 Å². The molecule has 0 heteroatoms. The molecule has 4 rings (SSSR count). The predicted octanol–water partition coefficient (Wildman–Crippen LogP) is 3.61. The van der Waals surface area contributed by atoms with Gasteiger partial charge in [-0.25, -0.2) is 0 Å². The fourth-order valence-corrected chi connectivity index (χ4v) is 6.30.